The van der Waals surface area contributed by atoms with Gasteiger partial charge in [0.15, 0.2) is 0 Å². The fraction of sp³-hybridized carbons (Fsp3) is 0.462. The molecule has 6 heteroatoms. The van der Waals surface area contributed by atoms with Gasteiger partial charge < -0.3 is 10.2 Å². The van der Waals surface area contributed by atoms with Gasteiger partial charge in [0.1, 0.15) is 5.69 Å². The third kappa shape index (κ3) is 3.76. The second kappa shape index (κ2) is 6.14. The van der Waals surface area contributed by atoms with Crippen molar-refractivity contribution in [2.24, 2.45) is 0 Å². The first-order valence-electron chi connectivity index (χ1n) is 6.24. The smallest absolute Gasteiger partial charge is 0.272 e. The van der Waals surface area contributed by atoms with E-state index in [9.17, 15) is 9.59 Å². The molecule has 0 radical (unpaired) electrons. The summed E-state index contributed by atoms with van der Waals surface area (Å²) in [6.45, 7) is 2.83. The fourth-order valence-corrected chi connectivity index (χ4v) is 2.41. The van der Waals surface area contributed by atoms with Gasteiger partial charge in [-0.2, -0.15) is 0 Å². The third-order valence-corrected chi connectivity index (χ3v) is 3.61. The molecule has 0 atom stereocenters. The Morgan fingerprint density at radius 3 is 2.58 bits per heavy atom. The van der Waals surface area contributed by atoms with Gasteiger partial charge in [-0.15, -0.1) is 0 Å². The monoisotopic (exact) mass is 325 g/mol. The molecule has 1 aromatic rings. The van der Waals surface area contributed by atoms with E-state index in [1.807, 2.05) is 6.07 Å². The Morgan fingerprint density at radius 2 is 2.05 bits per heavy atom. The highest BCUT2D eigenvalue weighted by atomic mass is 79.9. The lowest BCUT2D eigenvalue weighted by atomic mass is 10.0. The van der Waals surface area contributed by atoms with Gasteiger partial charge in [-0.05, 0) is 40.9 Å². The zero-order valence-corrected chi connectivity index (χ0v) is 12.3. The molecule has 102 valence electrons. The Bertz CT molecular complexity index is 467. The normalized spacial score (nSPS) is 16.2. The molecule has 1 fully saturated rings. The molecule has 1 saturated heterocycles. The number of carbonyl (C=O) groups is 2. The second-order valence-corrected chi connectivity index (χ2v) is 5.54. The van der Waals surface area contributed by atoms with Crippen molar-refractivity contribution in [3.05, 3.63) is 28.5 Å². The number of likely N-dealkylation sites (tertiary alicyclic amines) is 1. The summed E-state index contributed by atoms with van der Waals surface area (Å²) in [5, 5.41) is 2.89. The van der Waals surface area contributed by atoms with Gasteiger partial charge in [-0.3, -0.25) is 9.59 Å². The van der Waals surface area contributed by atoms with Crippen LogP contribution in [0.3, 0.4) is 0 Å². The zero-order valence-electron chi connectivity index (χ0n) is 10.7. The molecule has 5 nitrogen and oxygen atoms in total. The number of pyridine rings is 1. The van der Waals surface area contributed by atoms with Crippen LogP contribution in [0.15, 0.2) is 22.8 Å². The largest absolute Gasteiger partial charge is 0.353 e. The molecule has 1 aliphatic rings. The Balaban J connectivity index is 1.92. The summed E-state index contributed by atoms with van der Waals surface area (Å²) < 4.78 is 0.855. The van der Waals surface area contributed by atoms with Gasteiger partial charge in [0.25, 0.3) is 5.91 Å². The number of nitrogens with zero attached hydrogens (tertiary/aromatic N) is 2. The van der Waals surface area contributed by atoms with Crippen molar-refractivity contribution >= 4 is 27.7 Å². The van der Waals surface area contributed by atoms with Crippen LogP contribution < -0.4 is 5.32 Å². The Kier molecular flexibility index (Phi) is 4.52. The highest BCUT2D eigenvalue weighted by Gasteiger charge is 2.24. The molecule has 2 heterocycles. The van der Waals surface area contributed by atoms with E-state index in [2.05, 4.69) is 26.2 Å². The average Bonchev–Trinajstić information content (AvgIpc) is 2.39. The molecule has 0 spiro atoms. The minimum atomic E-state index is -0.0474. The molecule has 0 aliphatic carbocycles. The number of amides is 2. The van der Waals surface area contributed by atoms with Crippen molar-refractivity contribution < 1.29 is 9.59 Å². The predicted octanol–water partition coefficient (Wildman–Crippen LogP) is 1.58. The lowest BCUT2D eigenvalue weighted by molar-refractivity contribution is -0.119. The van der Waals surface area contributed by atoms with Crippen LogP contribution in [0.25, 0.3) is 0 Å². The SMILES string of the molecule is CC(=O)NC1CCN(C(=O)c2ccc(Br)cn2)CC1. The summed E-state index contributed by atoms with van der Waals surface area (Å²) in [6, 6.07) is 3.70. The zero-order chi connectivity index (χ0) is 13.8. The van der Waals surface area contributed by atoms with Crippen molar-refractivity contribution in [1.82, 2.24) is 15.2 Å². The number of carbonyl (C=O) groups excluding carboxylic acids is 2. The molecule has 1 aromatic heterocycles. The van der Waals surface area contributed by atoms with E-state index in [1.54, 1.807) is 17.2 Å². The van der Waals surface area contributed by atoms with Gasteiger partial charge in [0, 0.05) is 36.7 Å². The molecular weight excluding hydrogens is 310 g/mol. The molecule has 2 amide bonds. The Morgan fingerprint density at radius 1 is 1.37 bits per heavy atom. The van der Waals surface area contributed by atoms with Crippen LogP contribution in [0.4, 0.5) is 0 Å². The summed E-state index contributed by atoms with van der Waals surface area (Å²) in [5.41, 5.74) is 0.459. The minimum Gasteiger partial charge on any atom is -0.353 e. The van der Waals surface area contributed by atoms with Gasteiger partial charge in [-0.25, -0.2) is 4.98 Å². The van der Waals surface area contributed by atoms with E-state index < -0.39 is 0 Å². The van der Waals surface area contributed by atoms with Crippen LogP contribution in [0, 0.1) is 0 Å². The van der Waals surface area contributed by atoms with Crippen LogP contribution >= 0.6 is 15.9 Å². The Hall–Kier alpha value is -1.43. The van der Waals surface area contributed by atoms with Gasteiger partial charge >= 0.3 is 0 Å². The van der Waals surface area contributed by atoms with Crippen molar-refractivity contribution in [3.63, 3.8) is 0 Å². The number of nitrogens with one attached hydrogen (secondary N) is 1. The van der Waals surface area contributed by atoms with Crippen LogP contribution in [-0.2, 0) is 4.79 Å². The number of piperidine rings is 1. The van der Waals surface area contributed by atoms with E-state index in [-0.39, 0.29) is 17.9 Å². The highest BCUT2D eigenvalue weighted by Crippen LogP contribution is 2.14. The quantitative estimate of drug-likeness (QED) is 0.898. The van der Waals surface area contributed by atoms with Crippen LogP contribution in [-0.4, -0.2) is 40.8 Å². The molecule has 19 heavy (non-hydrogen) atoms. The summed E-state index contributed by atoms with van der Waals surface area (Å²) in [6.07, 6.45) is 3.21. The lowest BCUT2D eigenvalue weighted by Crippen LogP contribution is -2.46. The summed E-state index contributed by atoms with van der Waals surface area (Å²) >= 11 is 3.29. The van der Waals surface area contributed by atoms with Crippen molar-refractivity contribution in [2.45, 2.75) is 25.8 Å². The van der Waals surface area contributed by atoms with Crippen molar-refractivity contribution in [2.75, 3.05) is 13.1 Å². The molecule has 1 aliphatic heterocycles. The van der Waals surface area contributed by atoms with Crippen LogP contribution in [0.2, 0.25) is 0 Å². The maximum Gasteiger partial charge on any atom is 0.272 e. The van der Waals surface area contributed by atoms with E-state index in [0.29, 0.717) is 18.8 Å². The summed E-state index contributed by atoms with van der Waals surface area (Å²) in [5.74, 6) is -0.0619. The van der Waals surface area contributed by atoms with Gasteiger partial charge in [-0.1, -0.05) is 0 Å². The summed E-state index contributed by atoms with van der Waals surface area (Å²) in [4.78, 5) is 29.1. The van der Waals surface area contributed by atoms with Crippen molar-refractivity contribution in [1.29, 1.82) is 0 Å². The number of rotatable bonds is 2. The van der Waals surface area contributed by atoms with Gasteiger partial charge in [0.2, 0.25) is 5.91 Å². The molecule has 1 N–H and O–H groups in total. The first-order valence-corrected chi connectivity index (χ1v) is 7.03. The number of hydrogen-bond acceptors (Lipinski definition) is 3. The van der Waals surface area contributed by atoms with E-state index in [1.165, 1.54) is 6.92 Å². The van der Waals surface area contributed by atoms with Crippen LogP contribution in [0.5, 0.6) is 0 Å². The molecule has 0 bridgehead atoms. The van der Waals surface area contributed by atoms with E-state index in [0.717, 1.165) is 17.3 Å². The predicted molar refractivity (Wildman–Crippen MR) is 74.7 cm³/mol. The maximum absolute atomic E-state index is 12.2. The number of aromatic nitrogens is 1. The Labute approximate surface area is 120 Å². The summed E-state index contributed by atoms with van der Waals surface area (Å²) in [7, 11) is 0. The molecule has 0 unspecified atom stereocenters. The van der Waals surface area contributed by atoms with E-state index >= 15 is 0 Å². The fourth-order valence-electron chi connectivity index (χ4n) is 2.18. The number of hydrogen-bond donors (Lipinski definition) is 1. The second-order valence-electron chi connectivity index (χ2n) is 4.63. The molecule has 0 aromatic carbocycles. The third-order valence-electron chi connectivity index (χ3n) is 3.14. The highest BCUT2D eigenvalue weighted by molar-refractivity contribution is 9.10. The van der Waals surface area contributed by atoms with Gasteiger partial charge in [0.05, 0.1) is 0 Å². The molecule has 2 rings (SSSR count). The van der Waals surface area contributed by atoms with E-state index in [4.69, 9.17) is 0 Å². The standard InChI is InChI=1S/C13H16BrN3O2/c1-9(18)16-11-4-6-17(7-5-11)13(19)12-3-2-10(14)8-15-12/h2-3,8,11H,4-7H2,1H3,(H,16,18). The molecule has 0 saturated carbocycles. The lowest BCUT2D eigenvalue weighted by Gasteiger charge is -2.32. The van der Waals surface area contributed by atoms with Crippen LogP contribution in [0.1, 0.15) is 30.3 Å². The maximum atomic E-state index is 12.2. The van der Waals surface area contributed by atoms with Crippen molar-refractivity contribution in [3.8, 4) is 0 Å². The first kappa shape index (κ1) is 14.0. The topological polar surface area (TPSA) is 62.3 Å². The first-order chi connectivity index (χ1) is 9.06. The average molecular weight is 326 g/mol. The minimum absolute atomic E-state index is 0.0145. The number of halogens is 1. The molecular formula is C13H16BrN3O2.